The van der Waals surface area contributed by atoms with Gasteiger partial charge < -0.3 is 4.18 Å². The van der Waals surface area contributed by atoms with Crippen LogP contribution in [0.4, 0.5) is 0 Å². The molecule has 0 aliphatic carbocycles. The van der Waals surface area contributed by atoms with Gasteiger partial charge in [-0.15, -0.1) is 0 Å². The van der Waals surface area contributed by atoms with Crippen molar-refractivity contribution in [3.05, 3.63) is 0 Å². The summed E-state index contributed by atoms with van der Waals surface area (Å²) in [4.78, 5) is 0. The Morgan fingerprint density at radius 2 is 2.60 bits per heavy atom. The zero-order valence-corrected chi connectivity index (χ0v) is 4.34. The van der Waals surface area contributed by atoms with Gasteiger partial charge in [0.15, 0.2) is 6.45 Å². The fourth-order valence-electron chi connectivity index (χ4n) is 0.118. The lowest BCUT2D eigenvalue weighted by Crippen LogP contribution is -1.77. The Morgan fingerprint density at radius 3 is 2.60 bits per heavy atom. The van der Waals surface area contributed by atoms with E-state index in [1.165, 1.54) is 11.9 Å². The van der Waals surface area contributed by atoms with Gasteiger partial charge in [-0.3, -0.25) is 0 Å². The highest BCUT2D eigenvalue weighted by atomic mass is 32.2. The van der Waals surface area contributed by atoms with E-state index in [0.717, 1.165) is 6.45 Å². The van der Waals surface area contributed by atoms with Gasteiger partial charge in [0, 0.05) is 7.11 Å². The SMILES string of the molecule is BBSOC. The second-order valence-electron chi connectivity index (χ2n) is 0.573. The summed E-state index contributed by atoms with van der Waals surface area (Å²) in [5.41, 5.74) is 0. The van der Waals surface area contributed by atoms with Crippen LogP contribution < -0.4 is 0 Å². The van der Waals surface area contributed by atoms with Crippen LogP contribution in [0.25, 0.3) is 0 Å². The Bertz CT molecular complexity index is 17.1. The van der Waals surface area contributed by atoms with Crippen molar-refractivity contribution in [2.45, 2.75) is 0 Å². The third kappa shape index (κ3) is 4.44. The summed E-state index contributed by atoms with van der Waals surface area (Å²) >= 11 is 1.46. The number of rotatable bonds is 2. The molecule has 0 rings (SSSR count). The van der Waals surface area contributed by atoms with Crippen LogP contribution >= 0.6 is 11.9 Å². The van der Waals surface area contributed by atoms with E-state index >= 15 is 0 Å². The molecule has 0 fully saturated rings. The topological polar surface area (TPSA) is 9.23 Å². The van der Waals surface area contributed by atoms with Crippen LogP contribution in [0.5, 0.6) is 0 Å². The molecule has 0 bridgehead atoms. The first kappa shape index (κ1) is 5.44. The van der Waals surface area contributed by atoms with E-state index in [-0.39, 0.29) is 0 Å². The highest BCUT2D eigenvalue weighted by molar-refractivity contribution is 8.22. The molecule has 0 amide bonds. The van der Waals surface area contributed by atoms with Gasteiger partial charge in [0.05, 0.1) is 7.74 Å². The van der Waals surface area contributed by atoms with Gasteiger partial charge in [0.2, 0.25) is 0 Å². The van der Waals surface area contributed by atoms with Crippen LogP contribution in [0.2, 0.25) is 0 Å². The van der Waals surface area contributed by atoms with E-state index in [2.05, 4.69) is 4.18 Å². The molecule has 5 heavy (non-hydrogen) atoms. The van der Waals surface area contributed by atoms with Gasteiger partial charge in [0.25, 0.3) is 0 Å². The van der Waals surface area contributed by atoms with Crippen molar-refractivity contribution in [3.63, 3.8) is 0 Å². The van der Waals surface area contributed by atoms with Gasteiger partial charge in [-0.1, -0.05) is 11.9 Å². The van der Waals surface area contributed by atoms with Crippen molar-refractivity contribution in [1.82, 2.24) is 0 Å². The average Bonchev–Trinajstić information content (AvgIpc) is 1.41. The molecule has 0 aromatic carbocycles. The van der Waals surface area contributed by atoms with Crippen LogP contribution in [0.15, 0.2) is 0 Å². The van der Waals surface area contributed by atoms with E-state index in [4.69, 9.17) is 0 Å². The quantitative estimate of drug-likeness (QED) is 0.322. The van der Waals surface area contributed by atoms with Gasteiger partial charge in [0.1, 0.15) is 0 Å². The predicted octanol–water partition coefficient (Wildman–Crippen LogP) is -0.819. The first-order valence-corrected chi connectivity index (χ1v) is 2.48. The molecule has 1 nitrogen and oxygen atoms in total. The van der Waals surface area contributed by atoms with Crippen molar-refractivity contribution >= 4 is 26.1 Å². The molecule has 0 aliphatic heterocycles. The molecule has 0 heterocycles. The monoisotopic (exact) mass is 88.0 g/mol. The molecular formula is CH6B2OS. The maximum atomic E-state index is 4.61. The van der Waals surface area contributed by atoms with E-state index in [0.29, 0.717) is 0 Å². The predicted molar refractivity (Wildman–Crippen MR) is 30.3 cm³/mol. The molecular weight excluding hydrogens is 81.7 g/mol. The second-order valence-corrected chi connectivity index (χ2v) is 1.72. The highest BCUT2D eigenvalue weighted by Crippen LogP contribution is 1.88. The summed E-state index contributed by atoms with van der Waals surface area (Å²) in [5, 5.41) is 0. The number of hydrogen-bond acceptors (Lipinski definition) is 2. The first-order chi connectivity index (χ1) is 2.41. The summed E-state index contributed by atoms with van der Waals surface area (Å²) in [7, 11) is 3.72. The summed E-state index contributed by atoms with van der Waals surface area (Å²) in [5.74, 6) is 0. The Hall–Kier alpha value is 0.440. The Morgan fingerprint density at radius 1 is 2.00 bits per heavy atom. The minimum atomic E-state index is 1.04. The van der Waals surface area contributed by atoms with Crippen LogP contribution in [0, 0.1) is 0 Å². The molecule has 0 atom stereocenters. The number of hydrogen-bond donors (Lipinski definition) is 0. The molecule has 0 N–H and O–H groups in total. The van der Waals surface area contributed by atoms with Crippen molar-refractivity contribution < 1.29 is 4.18 Å². The molecule has 0 unspecified atom stereocenters. The van der Waals surface area contributed by atoms with E-state index < -0.39 is 0 Å². The largest absolute Gasteiger partial charge is 0.331 e. The highest BCUT2D eigenvalue weighted by Gasteiger charge is 1.71. The molecule has 0 aromatic rings. The standard InChI is InChI=1S/CH6B2OS/c1-4-5-3-2/h3H,2H2,1H3. The Balaban J connectivity index is 2.19. The minimum absolute atomic E-state index is 1.04. The molecule has 0 saturated carbocycles. The van der Waals surface area contributed by atoms with Crippen LogP contribution in [0.3, 0.4) is 0 Å². The van der Waals surface area contributed by atoms with Gasteiger partial charge in [-0.2, -0.15) is 0 Å². The van der Waals surface area contributed by atoms with Crippen molar-refractivity contribution in [1.29, 1.82) is 0 Å². The van der Waals surface area contributed by atoms with Gasteiger partial charge in [-0.05, 0) is 0 Å². The minimum Gasteiger partial charge on any atom is -0.331 e. The van der Waals surface area contributed by atoms with E-state index in [1.54, 1.807) is 7.11 Å². The van der Waals surface area contributed by atoms with Crippen LogP contribution in [0.1, 0.15) is 0 Å². The summed E-state index contributed by atoms with van der Waals surface area (Å²) in [6.45, 7) is 0. The summed E-state index contributed by atoms with van der Waals surface area (Å²) in [6, 6.07) is 0. The van der Waals surface area contributed by atoms with Gasteiger partial charge >= 0.3 is 0 Å². The lowest BCUT2D eigenvalue weighted by atomic mass is 9.79. The van der Waals surface area contributed by atoms with Crippen molar-refractivity contribution in [2.24, 2.45) is 0 Å². The third-order valence-electron chi connectivity index (χ3n) is 0.236. The lowest BCUT2D eigenvalue weighted by molar-refractivity contribution is 0.497. The first-order valence-electron chi connectivity index (χ1n) is 1.57. The molecule has 28 valence electrons. The van der Waals surface area contributed by atoms with E-state index in [1.807, 2.05) is 7.74 Å². The van der Waals surface area contributed by atoms with Crippen molar-refractivity contribution in [2.75, 3.05) is 7.11 Å². The second kappa shape index (κ2) is 4.44. The van der Waals surface area contributed by atoms with Gasteiger partial charge in [-0.25, -0.2) is 0 Å². The molecule has 0 spiro atoms. The normalized spacial score (nSPS) is 7.40. The molecule has 0 aliphatic rings. The third-order valence-corrected chi connectivity index (χ3v) is 0.707. The fourth-order valence-corrected chi connectivity index (χ4v) is 0.354. The zero-order chi connectivity index (χ0) is 4.12. The molecule has 0 saturated heterocycles. The smallest absolute Gasteiger partial charge is 0.187 e. The summed E-state index contributed by atoms with van der Waals surface area (Å²) < 4.78 is 4.61. The van der Waals surface area contributed by atoms with Crippen LogP contribution in [-0.4, -0.2) is 21.3 Å². The molecule has 4 heteroatoms. The maximum absolute atomic E-state index is 4.61. The van der Waals surface area contributed by atoms with Crippen molar-refractivity contribution in [3.8, 4) is 0 Å². The van der Waals surface area contributed by atoms with E-state index in [9.17, 15) is 0 Å². The van der Waals surface area contributed by atoms with Crippen LogP contribution in [-0.2, 0) is 4.18 Å². The maximum Gasteiger partial charge on any atom is 0.187 e. The Labute approximate surface area is 38.2 Å². The fraction of sp³-hybridized carbons (Fsp3) is 1.00. The molecule has 0 radical (unpaired) electrons. The average molecular weight is 87.7 g/mol. The summed E-state index contributed by atoms with van der Waals surface area (Å²) in [6.07, 6.45) is 1.04. The Kier molecular flexibility index (Phi) is 4.83. The zero-order valence-electron chi connectivity index (χ0n) is 3.52. The molecule has 0 aromatic heterocycles. The lowest BCUT2D eigenvalue weighted by Gasteiger charge is -1.81.